The van der Waals surface area contributed by atoms with Gasteiger partial charge in [-0.25, -0.2) is 0 Å². The quantitative estimate of drug-likeness (QED) is 0.701. The van der Waals surface area contributed by atoms with Gasteiger partial charge in [0.1, 0.15) is 5.75 Å². The summed E-state index contributed by atoms with van der Waals surface area (Å²) >= 11 is 1.64. The highest BCUT2D eigenvalue weighted by molar-refractivity contribution is 7.14. The summed E-state index contributed by atoms with van der Waals surface area (Å²) in [6, 6.07) is 5.61. The van der Waals surface area contributed by atoms with E-state index in [9.17, 15) is 0 Å². The van der Waals surface area contributed by atoms with Gasteiger partial charge in [0.25, 0.3) is 0 Å². The second-order valence-electron chi connectivity index (χ2n) is 5.60. The minimum atomic E-state index is 0.258. The molecule has 5 rings (SSSR count). The summed E-state index contributed by atoms with van der Waals surface area (Å²) < 4.78 is 22.4. The molecule has 0 saturated carbocycles. The Hall–Kier alpha value is -2.47. The second-order valence-corrected chi connectivity index (χ2v) is 6.78. The zero-order valence-electron chi connectivity index (χ0n) is 12.4. The van der Waals surface area contributed by atoms with Gasteiger partial charge in [-0.1, -0.05) is 5.16 Å². The molecule has 116 valence electrons. The highest BCUT2D eigenvalue weighted by atomic mass is 32.1. The van der Waals surface area contributed by atoms with Crippen LogP contribution in [0.3, 0.4) is 0 Å². The zero-order valence-corrected chi connectivity index (χ0v) is 13.2. The lowest BCUT2D eigenvalue weighted by atomic mass is 9.93. The maximum absolute atomic E-state index is 6.14. The average Bonchev–Trinajstić information content (AvgIpc) is 3.25. The number of rotatable bonds is 2. The Balaban J connectivity index is 1.58. The van der Waals surface area contributed by atoms with E-state index in [4.69, 9.17) is 18.7 Å². The third-order valence-corrected chi connectivity index (χ3v) is 5.27. The monoisotopic (exact) mass is 327 g/mol. The maximum Gasteiger partial charge on any atom is 0.231 e. The molecule has 0 saturated heterocycles. The molecule has 6 heteroatoms. The molecule has 2 aromatic heterocycles. The summed E-state index contributed by atoms with van der Waals surface area (Å²) in [4.78, 5) is 1.26. The van der Waals surface area contributed by atoms with Gasteiger partial charge in [-0.3, -0.25) is 0 Å². The molecule has 1 aromatic carbocycles. The standard InChI is InChI=1S/C17H13NO4S/c1-9-12-4-2-10-7-18-22-16(10)15(12)17(23-9)21-11-3-5-13-14(6-11)20-8-19-13/h3,5-7H,2,4,8H2,1H3. The van der Waals surface area contributed by atoms with E-state index in [0.29, 0.717) is 5.75 Å². The lowest BCUT2D eigenvalue weighted by molar-refractivity contribution is 0.174. The van der Waals surface area contributed by atoms with Gasteiger partial charge in [-0.05, 0) is 37.5 Å². The lowest BCUT2D eigenvalue weighted by Crippen LogP contribution is -2.00. The predicted molar refractivity (Wildman–Crippen MR) is 84.6 cm³/mol. The number of nitrogens with zero attached hydrogens (tertiary/aromatic N) is 1. The number of hydrogen-bond acceptors (Lipinski definition) is 6. The molecule has 0 spiro atoms. The van der Waals surface area contributed by atoms with Crippen LogP contribution in [0.5, 0.6) is 22.3 Å². The van der Waals surface area contributed by atoms with Gasteiger partial charge >= 0.3 is 0 Å². The molecule has 0 bridgehead atoms. The fourth-order valence-electron chi connectivity index (χ4n) is 3.10. The van der Waals surface area contributed by atoms with Gasteiger partial charge in [0.15, 0.2) is 22.3 Å². The smallest absolute Gasteiger partial charge is 0.231 e. The van der Waals surface area contributed by atoms with Crippen molar-refractivity contribution < 1.29 is 18.7 Å². The maximum atomic E-state index is 6.14. The van der Waals surface area contributed by atoms with Crippen LogP contribution in [0.1, 0.15) is 16.0 Å². The molecule has 3 aromatic rings. The molecule has 0 radical (unpaired) electrons. The van der Waals surface area contributed by atoms with Crippen LogP contribution in [0, 0.1) is 6.92 Å². The molecule has 0 unspecified atom stereocenters. The van der Waals surface area contributed by atoms with Crippen molar-refractivity contribution in [1.82, 2.24) is 5.16 Å². The molecule has 3 heterocycles. The molecule has 0 N–H and O–H groups in total. The number of fused-ring (bicyclic) bond motifs is 4. The van der Waals surface area contributed by atoms with E-state index in [0.717, 1.165) is 46.3 Å². The molecule has 5 nitrogen and oxygen atoms in total. The van der Waals surface area contributed by atoms with Gasteiger partial charge in [-0.2, -0.15) is 0 Å². The summed E-state index contributed by atoms with van der Waals surface area (Å²) in [6.07, 6.45) is 3.76. The fourth-order valence-corrected chi connectivity index (χ4v) is 4.17. The third-order valence-electron chi connectivity index (χ3n) is 4.25. The summed E-state index contributed by atoms with van der Waals surface area (Å²) in [5.74, 6) is 3.03. The van der Waals surface area contributed by atoms with Crippen LogP contribution in [0.2, 0.25) is 0 Å². The minimum absolute atomic E-state index is 0.258. The molecule has 1 aliphatic carbocycles. The zero-order chi connectivity index (χ0) is 15.4. The number of thiophene rings is 1. The van der Waals surface area contributed by atoms with E-state index >= 15 is 0 Å². The van der Waals surface area contributed by atoms with Crippen LogP contribution in [0.4, 0.5) is 0 Å². The first kappa shape index (κ1) is 13.0. The molecule has 2 aliphatic rings. The summed E-state index contributed by atoms with van der Waals surface area (Å²) in [5, 5.41) is 4.79. The largest absolute Gasteiger partial charge is 0.454 e. The lowest BCUT2D eigenvalue weighted by Gasteiger charge is -2.12. The van der Waals surface area contributed by atoms with Crippen molar-refractivity contribution in [2.45, 2.75) is 19.8 Å². The van der Waals surface area contributed by atoms with Crippen molar-refractivity contribution >= 4 is 11.3 Å². The Morgan fingerprint density at radius 3 is 3.04 bits per heavy atom. The number of ether oxygens (including phenoxy) is 3. The van der Waals surface area contributed by atoms with Crippen molar-refractivity contribution in [1.29, 1.82) is 0 Å². The first-order valence-corrected chi connectivity index (χ1v) is 8.25. The summed E-state index contributed by atoms with van der Waals surface area (Å²) in [5.41, 5.74) is 3.49. The van der Waals surface area contributed by atoms with Crippen LogP contribution in [-0.4, -0.2) is 11.9 Å². The number of aryl methyl sites for hydroxylation is 2. The van der Waals surface area contributed by atoms with Crippen molar-refractivity contribution in [3.8, 4) is 33.6 Å². The highest BCUT2D eigenvalue weighted by Gasteiger charge is 2.28. The second kappa shape index (κ2) is 4.76. The molecule has 23 heavy (non-hydrogen) atoms. The Labute approximate surface area is 136 Å². The molecular formula is C17H13NO4S. The Bertz CT molecular complexity index is 911. The summed E-state index contributed by atoms with van der Waals surface area (Å²) in [6.45, 7) is 2.38. The molecule has 0 atom stereocenters. The first-order chi connectivity index (χ1) is 11.3. The van der Waals surface area contributed by atoms with Crippen LogP contribution in [0.15, 0.2) is 28.9 Å². The Kier molecular flexibility index (Phi) is 2.69. The van der Waals surface area contributed by atoms with E-state index in [1.165, 1.54) is 10.4 Å². The molecule has 0 amide bonds. The normalized spacial score (nSPS) is 14.5. The predicted octanol–water partition coefficient (Wildman–Crippen LogP) is 4.33. The molecular weight excluding hydrogens is 314 g/mol. The van der Waals surface area contributed by atoms with Gasteiger partial charge in [-0.15, -0.1) is 11.3 Å². The molecule has 1 aliphatic heterocycles. The molecule has 0 fully saturated rings. The van der Waals surface area contributed by atoms with E-state index in [2.05, 4.69) is 12.1 Å². The summed E-state index contributed by atoms with van der Waals surface area (Å²) in [7, 11) is 0. The Morgan fingerprint density at radius 1 is 1.17 bits per heavy atom. The van der Waals surface area contributed by atoms with Gasteiger partial charge in [0.05, 0.1) is 11.8 Å². The van der Waals surface area contributed by atoms with Crippen molar-refractivity contribution in [2.24, 2.45) is 0 Å². The first-order valence-electron chi connectivity index (χ1n) is 7.43. The van der Waals surface area contributed by atoms with E-state index < -0.39 is 0 Å². The van der Waals surface area contributed by atoms with Gasteiger partial charge in [0, 0.05) is 16.5 Å². The third kappa shape index (κ3) is 1.95. The van der Waals surface area contributed by atoms with Gasteiger partial charge < -0.3 is 18.7 Å². The average molecular weight is 327 g/mol. The highest BCUT2D eigenvalue weighted by Crippen LogP contribution is 2.49. The van der Waals surface area contributed by atoms with E-state index in [1.54, 1.807) is 17.5 Å². The van der Waals surface area contributed by atoms with Gasteiger partial charge in [0.2, 0.25) is 6.79 Å². The number of aromatic nitrogens is 1. The van der Waals surface area contributed by atoms with Crippen molar-refractivity contribution in [3.63, 3.8) is 0 Å². The minimum Gasteiger partial charge on any atom is -0.454 e. The topological polar surface area (TPSA) is 53.7 Å². The van der Waals surface area contributed by atoms with E-state index in [-0.39, 0.29) is 6.79 Å². The van der Waals surface area contributed by atoms with Crippen molar-refractivity contribution in [3.05, 3.63) is 40.4 Å². The number of hydrogen-bond donors (Lipinski definition) is 0. The van der Waals surface area contributed by atoms with Crippen molar-refractivity contribution in [2.75, 3.05) is 6.79 Å². The van der Waals surface area contributed by atoms with Crippen LogP contribution < -0.4 is 14.2 Å². The van der Waals surface area contributed by atoms with Crippen LogP contribution in [-0.2, 0) is 12.8 Å². The van der Waals surface area contributed by atoms with E-state index in [1.807, 2.05) is 18.2 Å². The van der Waals surface area contributed by atoms with Crippen LogP contribution in [0.25, 0.3) is 11.3 Å². The van der Waals surface area contributed by atoms with Crippen LogP contribution >= 0.6 is 11.3 Å². The number of benzene rings is 1. The SMILES string of the molecule is Cc1sc(Oc2ccc3c(c2)OCO3)c2c1CCc1cnoc1-2. The fraction of sp³-hybridized carbons (Fsp3) is 0.235. The Morgan fingerprint density at radius 2 is 2.09 bits per heavy atom.